The van der Waals surface area contributed by atoms with Crippen molar-refractivity contribution in [1.82, 2.24) is 0 Å². The summed E-state index contributed by atoms with van der Waals surface area (Å²) in [6.07, 6.45) is 0.969. The van der Waals surface area contributed by atoms with Gasteiger partial charge in [-0.25, -0.2) is 11.3 Å². The summed E-state index contributed by atoms with van der Waals surface area (Å²) in [6, 6.07) is 3.39. The molecule has 1 radical (unpaired) electrons. The van der Waals surface area contributed by atoms with E-state index in [0.29, 0.717) is 6.71 Å². The molecule has 0 aliphatic rings. The molecule has 0 fully saturated rings. The second-order valence-electron chi connectivity index (χ2n) is 4.32. The Morgan fingerprint density at radius 1 is 1.41 bits per heavy atom. The Bertz CT molecular complexity index is 375. The third-order valence-electron chi connectivity index (χ3n) is 2.18. The average Bonchev–Trinajstić information content (AvgIpc) is 2.52. The first kappa shape index (κ1) is 17.3. The molecule has 0 amide bonds. The zero-order valence-electron chi connectivity index (χ0n) is 11.4. The summed E-state index contributed by atoms with van der Waals surface area (Å²) in [5, 5.41) is 4.34. The van der Waals surface area contributed by atoms with E-state index in [1.165, 1.54) is 9.75 Å². The maximum absolute atomic E-state index is 4.34. The first-order chi connectivity index (χ1) is 7.54. The van der Waals surface area contributed by atoms with Crippen LogP contribution in [0.5, 0.6) is 0 Å². The van der Waals surface area contributed by atoms with Gasteiger partial charge in [0, 0.05) is 32.7 Å². The van der Waals surface area contributed by atoms with Gasteiger partial charge in [-0.2, -0.15) is 11.6 Å². The van der Waals surface area contributed by atoms with Gasteiger partial charge in [0.25, 0.3) is 0 Å². The second kappa shape index (κ2) is 8.44. The van der Waals surface area contributed by atoms with Gasteiger partial charge in [-0.1, -0.05) is 49.3 Å². The van der Waals surface area contributed by atoms with Crippen LogP contribution < -0.4 is 0 Å². The van der Waals surface area contributed by atoms with Crippen molar-refractivity contribution >= 4 is 23.8 Å². The summed E-state index contributed by atoms with van der Waals surface area (Å²) < 4.78 is 0. The maximum Gasteiger partial charge on any atom is 0.127 e. The Hall–Kier alpha value is 0.339. The van der Waals surface area contributed by atoms with E-state index in [2.05, 4.69) is 44.1 Å². The molecule has 5 heteroatoms. The molecule has 0 N–H and O–H groups in total. The molecule has 0 atom stereocenters. The molecule has 0 aliphatic heterocycles. The number of rotatable bonds is 5. The quantitative estimate of drug-likeness (QED) is 0.339. The van der Waals surface area contributed by atoms with Crippen molar-refractivity contribution in [2.75, 3.05) is 6.54 Å². The molecule has 2 nitrogen and oxygen atoms in total. The molecular weight excluding hydrogens is 304 g/mol. The van der Waals surface area contributed by atoms with Crippen LogP contribution in [0.2, 0.25) is 20.0 Å². The first-order valence-electron chi connectivity index (χ1n) is 5.77. The molecule has 1 aromatic rings. The minimum absolute atomic E-state index is 0. The van der Waals surface area contributed by atoms with Crippen LogP contribution in [-0.4, -0.2) is 19.0 Å². The van der Waals surface area contributed by atoms with Gasteiger partial charge in [-0.3, -0.25) is 0 Å². The van der Waals surface area contributed by atoms with Crippen LogP contribution in [-0.2, 0) is 32.7 Å². The van der Waals surface area contributed by atoms with Crippen LogP contribution in [0.25, 0.3) is 5.43 Å². The van der Waals surface area contributed by atoms with Crippen molar-refractivity contribution in [2.45, 2.75) is 40.7 Å². The Labute approximate surface area is 135 Å². The smallest absolute Gasteiger partial charge is 0.127 e. The van der Waals surface area contributed by atoms with Crippen molar-refractivity contribution in [3.05, 3.63) is 26.8 Å². The maximum atomic E-state index is 4.34. The molecule has 0 aromatic carbocycles. The van der Waals surface area contributed by atoms with E-state index in [-0.39, 0.29) is 32.7 Å². The molecule has 0 saturated carbocycles. The van der Waals surface area contributed by atoms with E-state index < -0.39 is 0 Å². The normalized spacial score (nSPS) is 11.0. The Morgan fingerprint density at radius 2 is 2.06 bits per heavy atom. The van der Waals surface area contributed by atoms with E-state index in [1.807, 2.05) is 6.92 Å². The third-order valence-corrected chi connectivity index (χ3v) is 3.10. The van der Waals surface area contributed by atoms with Crippen LogP contribution in [0.3, 0.4) is 0 Å². The van der Waals surface area contributed by atoms with E-state index in [0.717, 1.165) is 24.1 Å². The molecule has 0 unspecified atom stereocenters. The monoisotopic (exact) mass is 323 g/mol. The largest absolute Gasteiger partial charge is 0.615 e. The van der Waals surface area contributed by atoms with Gasteiger partial charge in [0.1, 0.15) is 6.71 Å². The summed E-state index contributed by atoms with van der Waals surface area (Å²) in [5.41, 5.74) is 6.37. The molecule has 17 heavy (non-hydrogen) atoms. The average molecular weight is 323 g/mol. The summed E-state index contributed by atoms with van der Waals surface area (Å²) >= 11 is 1.78. The Morgan fingerprint density at radius 3 is 2.47 bits per heavy atom. The SMILES string of the molecule is CC[N-]N=C(CB(C)C)c1[c-]c(C)sc1C.[Y]. The van der Waals surface area contributed by atoms with Crippen molar-refractivity contribution in [1.29, 1.82) is 0 Å². The predicted molar refractivity (Wildman–Crippen MR) is 75.4 cm³/mol. The molecule has 0 bridgehead atoms. The van der Waals surface area contributed by atoms with Gasteiger partial charge in [0.2, 0.25) is 0 Å². The number of nitrogens with zero attached hydrogens (tertiary/aromatic N) is 2. The van der Waals surface area contributed by atoms with Gasteiger partial charge < -0.3 is 10.5 Å². The van der Waals surface area contributed by atoms with E-state index in [4.69, 9.17) is 0 Å². The first-order valence-corrected chi connectivity index (χ1v) is 6.59. The van der Waals surface area contributed by atoms with Crippen molar-refractivity contribution < 1.29 is 32.7 Å². The molecule has 91 valence electrons. The zero-order chi connectivity index (χ0) is 12.1. The topological polar surface area (TPSA) is 26.5 Å². The van der Waals surface area contributed by atoms with Crippen LogP contribution >= 0.6 is 11.3 Å². The van der Waals surface area contributed by atoms with Gasteiger partial charge in [-0.15, -0.1) is 6.54 Å². The molecular formula is C12H19BN2SY-2. The standard InChI is InChI=1S/C12H19BN2S.Y/c1-6-14-15-12(8-13(4)5)11-7-9(2)16-10(11)3;/h6,8H2,1-5H3;/q-2;. The molecule has 1 aromatic heterocycles. The molecule has 0 spiro atoms. The summed E-state index contributed by atoms with van der Waals surface area (Å²) in [7, 11) is 0. The number of hydrogen-bond donors (Lipinski definition) is 0. The van der Waals surface area contributed by atoms with Crippen LogP contribution in [0.1, 0.15) is 22.2 Å². The Kier molecular flexibility index (Phi) is 8.61. The van der Waals surface area contributed by atoms with Crippen molar-refractivity contribution in [3.8, 4) is 0 Å². The zero-order valence-corrected chi connectivity index (χ0v) is 15.0. The third kappa shape index (κ3) is 5.67. The predicted octanol–water partition coefficient (Wildman–Crippen LogP) is 4.01. The molecule has 1 heterocycles. The molecule has 0 aliphatic carbocycles. The van der Waals surface area contributed by atoms with Gasteiger partial charge in [0.05, 0.1) is 0 Å². The minimum Gasteiger partial charge on any atom is -0.615 e. The number of hydrogen-bond acceptors (Lipinski definition) is 2. The molecule has 0 saturated heterocycles. The van der Waals surface area contributed by atoms with Crippen molar-refractivity contribution in [2.24, 2.45) is 5.10 Å². The van der Waals surface area contributed by atoms with Gasteiger partial charge >= 0.3 is 0 Å². The minimum atomic E-state index is 0. The van der Waals surface area contributed by atoms with E-state index in [9.17, 15) is 0 Å². The number of thiophene rings is 1. The van der Waals surface area contributed by atoms with E-state index in [1.54, 1.807) is 11.3 Å². The summed E-state index contributed by atoms with van der Waals surface area (Å²) in [6.45, 7) is 12.0. The van der Waals surface area contributed by atoms with Crippen LogP contribution in [0.15, 0.2) is 5.10 Å². The fourth-order valence-electron chi connectivity index (χ4n) is 1.58. The van der Waals surface area contributed by atoms with E-state index >= 15 is 0 Å². The fraction of sp³-hybridized carbons (Fsp3) is 0.583. The van der Waals surface area contributed by atoms with Gasteiger partial charge in [0.15, 0.2) is 0 Å². The van der Waals surface area contributed by atoms with Crippen molar-refractivity contribution in [3.63, 3.8) is 0 Å². The van der Waals surface area contributed by atoms with Gasteiger partial charge in [-0.05, 0) is 6.92 Å². The fourth-order valence-corrected chi connectivity index (χ4v) is 2.46. The van der Waals surface area contributed by atoms with Crippen LogP contribution in [0, 0.1) is 19.9 Å². The Balaban J connectivity index is 0.00000256. The van der Waals surface area contributed by atoms with Crippen LogP contribution in [0.4, 0.5) is 0 Å². The second-order valence-corrected chi connectivity index (χ2v) is 5.75. The summed E-state index contributed by atoms with van der Waals surface area (Å²) in [5.74, 6) is 0. The number of aryl methyl sites for hydroxylation is 2. The molecule has 1 rings (SSSR count). The summed E-state index contributed by atoms with van der Waals surface area (Å²) in [4.78, 5) is 2.52.